The van der Waals surface area contributed by atoms with Crippen molar-refractivity contribution in [1.82, 2.24) is 9.55 Å². The van der Waals surface area contributed by atoms with Gasteiger partial charge in [-0.3, -0.25) is 0 Å². The molecule has 88 valence electrons. The lowest BCUT2D eigenvalue weighted by Crippen LogP contribution is -2.23. The minimum absolute atomic E-state index is 0.323. The van der Waals surface area contributed by atoms with Gasteiger partial charge >= 0.3 is 0 Å². The predicted octanol–water partition coefficient (Wildman–Crippen LogP) is 2.10. The highest BCUT2D eigenvalue weighted by atomic mass is 16.3. The third-order valence-corrected chi connectivity index (χ3v) is 4.21. The summed E-state index contributed by atoms with van der Waals surface area (Å²) in [7, 11) is 0. The lowest BCUT2D eigenvalue weighted by molar-refractivity contribution is 0.199. The summed E-state index contributed by atoms with van der Waals surface area (Å²) >= 11 is 0. The Hall–Kier alpha value is -0.830. The van der Waals surface area contributed by atoms with E-state index in [4.69, 9.17) is 0 Å². The van der Waals surface area contributed by atoms with Crippen LogP contribution in [-0.2, 0) is 13.0 Å². The zero-order valence-corrected chi connectivity index (χ0v) is 9.73. The van der Waals surface area contributed by atoms with Crippen molar-refractivity contribution in [3.63, 3.8) is 0 Å². The summed E-state index contributed by atoms with van der Waals surface area (Å²) in [6, 6.07) is 0. The van der Waals surface area contributed by atoms with E-state index in [-0.39, 0.29) is 0 Å². The number of hydrogen-bond acceptors (Lipinski definition) is 2. The molecule has 1 N–H and O–H groups in total. The van der Waals surface area contributed by atoms with E-state index in [1.807, 2.05) is 6.20 Å². The van der Waals surface area contributed by atoms with Crippen LogP contribution in [0.3, 0.4) is 0 Å². The molecule has 1 aromatic heterocycles. The van der Waals surface area contributed by atoms with Crippen molar-refractivity contribution >= 4 is 0 Å². The van der Waals surface area contributed by atoms with Gasteiger partial charge in [0.2, 0.25) is 0 Å². The first-order valence-electron chi connectivity index (χ1n) is 6.53. The highest BCUT2D eigenvalue weighted by molar-refractivity contribution is 5.13. The Balaban J connectivity index is 1.84. The second-order valence-corrected chi connectivity index (χ2v) is 5.28. The monoisotopic (exact) mass is 220 g/mol. The third-order valence-electron chi connectivity index (χ3n) is 4.21. The normalized spacial score (nSPS) is 25.9. The van der Waals surface area contributed by atoms with Crippen LogP contribution in [0.4, 0.5) is 0 Å². The van der Waals surface area contributed by atoms with Crippen LogP contribution in [0.25, 0.3) is 0 Å². The fraction of sp³-hybridized carbons (Fsp3) is 0.769. The first-order chi connectivity index (χ1) is 7.88. The van der Waals surface area contributed by atoms with Gasteiger partial charge in [-0.05, 0) is 31.6 Å². The number of imidazole rings is 1. The van der Waals surface area contributed by atoms with Crippen molar-refractivity contribution in [3.05, 3.63) is 17.7 Å². The molecule has 1 aliphatic heterocycles. The molecule has 1 fully saturated rings. The molecule has 3 heteroatoms. The maximum absolute atomic E-state index is 9.21. The smallest absolute Gasteiger partial charge is 0.111 e. The second kappa shape index (κ2) is 4.21. The molecule has 1 atom stereocenters. The van der Waals surface area contributed by atoms with E-state index >= 15 is 0 Å². The van der Waals surface area contributed by atoms with E-state index in [1.54, 1.807) is 0 Å². The summed E-state index contributed by atoms with van der Waals surface area (Å²) in [6.45, 7) is 1.39. The van der Waals surface area contributed by atoms with Crippen LogP contribution in [0.1, 0.15) is 49.5 Å². The van der Waals surface area contributed by atoms with E-state index < -0.39 is 0 Å². The molecule has 1 unspecified atom stereocenters. The summed E-state index contributed by atoms with van der Waals surface area (Å²) in [6.07, 6.45) is 9.53. The van der Waals surface area contributed by atoms with Crippen LogP contribution in [0, 0.1) is 5.92 Å². The number of fused-ring (bicyclic) bond motifs is 1. The number of rotatable bonds is 2. The van der Waals surface area contributed by atoms with E-state index in [0.717, 1.165) is 19.4 Å². The molecular weight excluding hydrogens is 200 g/mol. The van der Waals surface area contributed by atoms with Crippen molar-refractivity contribution < 1.29 is 5.11 Å². The lowest BCUT2D eigenvalue weighted by atomic mass is 9.97. The SMILES string of the molecule is OCC1CCn2c(cnc2C2CCCC2)C1. The van der Waals surface area contributed by atoms with Crippen LogP contribution in [0.15, 0.2) is 6.20 Å². The van der Waals surface area contributed by atoms with Crippen LogP contribution < -0.4 is 0 Å². The lowest BCUT2D eigenvalue weighted by Gasteiger charge is -2.24. The summed E-state index contributed by atoms with van der Waals surface area (Å²) in [5, 5.41) is 9.21. The number of aromatic nitrogens is 2. The molecule has 3 rings (SSSR count). The maximum Gasteiger partial charge on any atom is 0.111 e. The molecule has 0 spiro atoms. The second-order valence-electron chi connectivity index (χ2n) is 5.28. The van der Waals surface area contributed by atoms with E-state index in [1.165, 1.54) is 37.2 Å². The number of aliphatic hydroxyl groups is 1. The van der Waals surface area contributed by atoms with Gasteiger partial charge < -0.3 is 9.67 Å². The molecule has 3 nitrogen and oxygen atoms in total. The van der Waals surface area contributed by atoms with Gasteiger partial charge in [0.25, 0.3) is 0 Å². The van der Waals surface area contributed by atoms with Crippen LogP contribution in [0.5, 0.6) is 0 Å². The zero-order valence-electron chi connectivity index (χ0n) is 9.73. The van der Waals surface area contributed by atoms with Gasteiger partial charge in [-0.2, -0.15) is 0 Å². The van der Waals surface area contributed by atoms with E-state index in [0.29, 0.717) is 18.4 Å². The van der Waals surface area contributed by atoms with Crippen molar-refractivity contribution in [2.45, 2.75) is 51.0 Å². The fourth-order valence-electron chi connectivity index (χ4n) is 3.22. The highest BCUT2D eigenvalue weighted by Crippen LogP contribution is 2.35. The quantitative estimate of drug-likeness (QED) is 0.828. The Morgan fingerprint density at radius 3 is 2.88 bits per heavy atom. The summed E-state index contributed by atoms with van der Waals surface area (Å²) in [5.41, 5.74) is 1.34. The molecule has 0 saturated heterocycles. The molecular formula is C13H20N2O. The maximum atomic E-state index is 9.21. The van der Waals surface area contributed by atoms with Gasteiger partial charge in [-0.1, -0.05) is 12.8 Å². The molecule has 2 aliphatic rings. The molecule has 1 saturated carbocycles. The molecule has 0 aromatic carbocycles. The highest BCUT2D eigenvalue weighted by Gasteiger charge is 2.26. The molecule has 1 aliphatic carbocycles. The molecule has 1 aromatic rings. The molecule has 16 heavy (non-hydrogen) atoms. The van der Waals surface area contributed by atoms with Gasteiger partial charge in [0.15, 0.2) is 0 Å². The molecule has 0 amide bonds. The van der Waals surface area contributed by atoms with Crippen molar-refractivity contribution in [3.8, 4) is 0 Å². The largest absolute Gasteiger partial charge is 0.396 e. The van der Waals surface area contributed by atoms with Gasteiger partial charge in [-0.25, -0.2) is 4.98 Å². The summed E-state index contributed by atoms with van der Waals surface area (Å²) in [5.74, 6) is 2.49. The topological polar surface area (TPSA) is 38.0 Å². The Kier molecular flexibility index (Phi) is 2.72. The number of aliphatic hydroxyl groups excluding tert-OH is 1. The van der Waals surface area contributed by atoms with E-state index in [2.05, 4.69) is 9.55 Å². The predicted molar refractivity (Wildman–Crippen MR) is 62.3 cm³/mol. The minimum Gasteiger partial charge on any atom is -0.396 e. The van der Waals surface area contributed by atoms with Crippen LogP contribution in [0.2, 0.25) is 0 Å². The Bertz CT molecular complexity index is 366. The average Bonchev–Trinajstić information content (AvgIpc) is 2.96. The third kappa shape index (κ3) is 1.67. The molecule has 2 heterocycles. The number of nitrogens with zero attached hydrogens (tertiary/aromatic N) is 2. The number of hydrogen-bond donors (Lipinski definition) is 1. The first-order valence-corrected chi connectivity index (χ1v) is 6.53. The van der Waals surface area contributed by atoms with Crippen molar-refractivity contribution in [2.75, 3.05) is 6.61 Å². The minimum atomic E-state index is 0.323. The zero-order chi connectivity index (χ0) is 11.0. The van der Waals surface area contributed by atoms with E-state index in [9.17, 15) is 5.11 Å². The van der Waals surface area contributed by atoms with Gasteiger partial charge in [0.05, 0.1) is 0 Å². The molecule has 0 bridgehead atoms. The summed E-state index contributed by atoms with van der Waals surface area (Å²) in [4.78, 5) is 4.63. The molecule has 0 radical (unpaired) electrons. The standard InChI is InChI=1S/C13H20N2O/c16-9-10-5-6-15-12(7-10)8-14-13(15)11-3-1-2-4-11/h8,10-11,16H,1-7,9H2. The van der Waals surface area contributed by atoms with Crippen molar-refractivity contribution in [2.24, 2.45) is 5.92 Å². The van der Waals surface area contributed by atoms with Gasteiger partial charge in [0, 0.05) is 31.0 Å². The van der Waals surface area contributed by atoms with Crippen LogP contribution >= 0.6 is 0 Å². The Morgan fingerprint density at radius 2 is 2.12 bits per heavy atom. The Morgan fingerprint density at radius 1 is 1.31 bits per heavy atom. The van der Waals surface area contributed by atoms with Gasteiger partial charge in [-0.15, -0.1) is 0 Å². The van der Waals surface area contributed by atoms with Crippen molar-refractivity contribution in [1.29, 1.82) is 0 Å². The Labute approximate surface area is 96.5 Å². The van der Waals surface area contributed by atoms with Gasteiger partial charge in [0.1, 0.15) is 5.82 Å². The fourth-order valence-corrected chi connectivity index (χ4v) is 3.22. The van der Waals surface area contributed by atoms with Crippen LogP contribution in [-0.4, -0.2) is 21.3 Å². The average molecular weight is 220 g/mol. The summed E-state index contributed by atoms with van der Waals surface area (Å²) < 4.78 is 2.42. The first kappa shape index (κ1) is 10.3.